The van der Waals surface area contributed by atoms with Gasteiger partial charge in [-0.15, -0.1) is 0 Å². The van der Waals surface area contributed by atoms with Gasteiger partial charge in [0.15, 0.2) is 5.82 Å². The first-order chi connectivity index (χ1) is 15.3. The highest BCUT2D eigenvalue weighted by molar-refractivity contribution is 6.30. The van der Waals surface area contributed by atoms with Crippen molar-refractivity contribution in [3.8, 4) is 45.0 Å². The van der Waals surface area contributed by atoms with Gasteiger partial charge in [0.2, 0.25) is 0 Å². The minimum absolute atomic E-state index is 0.711. The first-order valence-corrected chi connectivity index (χ1v) is 10.5. The van der Waals surface area contributed by atoms with Crippen LogP contribution in [0.25, 0.3) is 45.0 Å². The maximum absolute atomic E-state index is 6.02. The fourth-order valence-electron chi connectivity index (χ4n) is 3.54. The first kappa shape index (κ1) is 19.2. The summed E-state index contributed by atoms with van der Waals surface area (Å²) in [7, 11) is 0. The highest BCUT2D eigenvalue weighted by Crippen LogP contribution is 2.29. The Morgan fingerprint density at radius 3 is 1.32 bits per heavy atom. The molecule has 2 nitrogen and oxygen atoms in total. The topological polar surface area (TPSA) is 25.8 Å². The van der Waals surface area contributed by atoms with Crippen molar-refractivity contribution in [1.29, 1.82) is 0 Å². The largest absolute Gasteiger partial charge is 0.228 e. The molecule has 1 heterocycles. The Morgan fingerprint density at radius 2 is 0.839 bits per heavy atom. The van der Waals surface area contributed by atoms with Crippen molar-refractivity contribution in [3.05, 3.63) is 120 Å². The van der Waals surface area contributed by atoms with Crippen LogP contribution in [0.4, 0.5) is 0 Å². The predicted octanol–water partition coefficient (Wildman–Crippen LogP) is 7.80. The second-order valence-corrected chi connectivity index (χ2v) is 7.71. The van der Waals surface area contributed by atoms with Crippen molar-refractivity contribution in [1.82, 2.24) is 9.97 Å². The average molecular weight is 419 g/mol. The molecule has 0 spiro atoms. The summed E-state index contributed by atoms with van der Waals surface area (Å²) in [5.74, 6) is 0.711. The van der Waals surface area contributed by atoms with Gasteiger partial charge in [0.1, 0.15) is 0 Å². The van der Waals surface area contributed by atoms with E-state index in [-0.39, 0.29) is 0 Å². The van der Waals surface area contributed by atoms with Crippen molar-refractivity contribution in [2.24, 2.45) is 0 Å². The van der Waals surface area contributed by atoms with Crippen molar-refractivity contribution in [2.75, 3.05) is 0 Å². The number of halogens is 1. The van der Waals surface area contributed by atoms with Gasteiger partial charge in [-0.2, -0.15) is 0 Å². The van der Waals surface area contributed by atoms with Gasteiger partial charge in [-0.1, -0.05) is 109 Å². The fraction of sp³-hybridized carbons (Fsp3) is 0. The van der Waals surface area contributed by atoms with Crippen LogP contribution in [0, 0.1) is 0 Å². The molecule has 3 heteroatoms. The van der Waals surface area contributed by atoms with E-state index < -0.39 is 0 Å². The maximum Gasteiger partial charge on any atom is 0.160 e. The Labute approximate surface area is 186 Å². The molecule has 0 aliphatic carbocycles. The van der Waals surface area contributed by atoms with Gasteiger partial charge in [-0.3, -0.25) is 0 Å². The third kappa shape index (κ3) is 4.25. The van der Waals surface area contributed by atoms with Crippen LogP contribution in [0.5, 0.6) is 0 Å². The van der Waals surface area contributed by atoms with Crippen molar-refractivity contribution in [2.45, 2.75) is 0 Å². The molecule has 4 aromatic carbocycles. The van der Waals surface area contributed by atoms with Gasteiger partial charge in [0, 0.05) is 21.7 Å². The number of rotatable bonds is 4. The Kier molecular flexibility index (Phi) is 5.30. The summed E-state index contributed by atoms with van der Waals surface area (Å²) in [6, 6.07) is 38.7. The molecule has 0 bridgehead atoms. The molecule has 31 heavy (non-hydrogen) atoms. The van der Waals surface area contributed by atoms with E-state index in [2.05, 4.69) is 54.6 Å². The zero-order valence-electron chi connectivity index (χ0n) is 16.7. The Bertz CT molecular complexity index is 1240. The Balaban J connectivity index is 1.58. The second-order valence-electron chi connectivity index (χ2n) is 7.28. The van der Waals surface area contributed by atoms with E-state index in [1.807, 2.05) is 60.7 Å². The molecule has 0 atom stereocenters. The summed E-state index contributed by atoms with van der Waals surface area (Å²) in [5, 5.41) is 0.736. The smallest absolute Gasteiger partial charge is 0.160 e. The van der Waals surface area contributed by atoms with Crippen molar-refractivity contribution in [3.63, 3.8) is 0 Å². The molecule has 0 amide bonds. The summed E-state index contributed by atoms with van der Waals surface area (Å²) < 4.78 is 0. The molecule has 0 unspecified atom stereocenters. The monoisotopic (exact) mass is 418 g/mol. The van der Waals surface area contributed by atoms with Crippen molar-refractivity contribution >= 4 is 11.6 Å². The van der Waals surface area contributed by atoms with Crippen LogP contribution >= 0.6 is 11.6 Å². The molecule has 0 radical (unpaired) electrons. The van der Waals surface area contributed by atoms with Crippen molar-refractivity contribution < 1.29 is 0 Å². The summed E-state index contributed by atoms with van der Waals surface area (Å²) in [6.45, 7) is 0. The molecule has 0 N–H and O–H groups in total. The van der Waals surface area contributed by atoms with E-state index in [4.69, 9.17) is 21.6 Å². The van der Waals surface area contributed by atoms with Gasteiger partial charge < -0.3 is 0 Å². The second kappa shape index (κ2) is 8.55. The number of nitrogens with zero attached hydrogens (tertiary/aromatic N) is 2. The molecule has 148 valence electrons. The SMILES string of the molecule is Clc1ccc(-c2ccc(-c3nc(-c4ccccc4)cc(-c4ccccc4)n3)cc2)cc1. The van der Waals surface area contributed by atoms with Crippen LogP contribution in [0.1, 0.15) is 0 Å². The lowest BCUT2D eigenvalue weighted by atomic mass is 10.0. The van der Waals surface area contributed by atoms with Crippen LogP contribution in [0.3, 0.4) is 0 Å². The van der Waals surface area contributed by atoms with Gasteiger partial charge >= 0.3 is 0 Å². The molecule has 0 saturated heterocycles. The van der Waals surface area contributed by atoms with Gasteiger partial charge in [-0.25, -0.2) is 9.97 Å². The Hall–Kier alpha value is -3.75. The summed E-state index contributed by atoms with van der Waals surface area (Å²) in [5.41, 5.74) is 7.19. The average Bonchev–Trinajstić information content (AvgIpc) is 2.85. The number of aromatic nitrogens is 2. The number of hydrogen-bond acceptors (Lipinski definition) is 2. The first-order valence-electron chi connectivity index (χ1n) is 10.1. The molecular weight excluding hydrogens is 400 g/mol. The van der Waals surface area contributed by atoms with E-state index in [1.54, 1.807) is 0 Å². The molecule has 0 saturated carbocycles. The summed E-state index contributed by atoms with van der Waals surface area (Å²) in [6.07, 6.45) is 0. The van der Waals surface area contributed by atoms with Gasteiger partial charge in [-0.05, 0) is 29.3 Å². The predicted molar refractivity (Wildman–Crippen MR) is 129 cm³/mol. The third-order valence-electron chi connectivity index (χ3n) is 5.19. The number of hydrogen-bond donors (Lipinski definition) is 0. The maximum atomic E-state index is 6.02. The third-order valence-corrected chi connectivity index (χ3v) is 5.44. The van der Waals surface area contributed by atoms with E-state index in [1.165, 1.54) is 0 Å². The van der Waals surface area contributed by atoms with Crippen LogP contribution in [-0.2, 0) is 0 Å². The van der Waals surface area contributed by atoms with E-state index in [0.717, 1.165) is 44.2 Å². The minimum Gasteiger partial charge on any atom is -0.228 e. The van der Waals surface area contributed by atoms with Gasteiger partial charge in [0.05, 0.1) is 11.4 Å². The molecule has 5 rings (SSSR count). The van der Waals surface area contributed by atoms with Crippen LogP contribution in [0.2, 0.25) is 5.02 Å². The molecule has 5 aromatic rings. The lowest BCUT2D eigenvalue weighted by Gasteiger charge is -2.10. The lowest BCUT2D eigenvalue weighted by molar-refractivity contribution is 1.18. The molecule has 0 aliphatic heterocycles. The molecular formula is C28H19ClN2. The fourth-order valence-corrected chi connectivity index (χ4v) is 3.67. The minimum atomic E-state index is 0.711. The highest BCUT2D eigenvalue weighted by Gasteiger charge is 2.10. The van der Waals surface area contributed by atoms with E-state index >= 15 is 0 Å². The van der Waals surface area contributed by atoms with E-state index in [0.29, 0.717) is 5.82 Å². The zero-order valence-corrected chi connectivity index (χ0v) is 17.5. The number of benzene rings is 4. The Morgan fingerprint density at radius 1 is 0.419 bits per heavy atom. The van der Waals surface area contributed by atoms with Gasteiger partial charge in [0.25, 0.3) is 0 Å². The van der Waals surface area contributed by atoms with Crippen LogP contribution in [0.15, 0.2) is 115 Å². The van der Waals surface area contributed by atoms with E-state index in [9.17, 15) is 0 Å². The normalized spacial score (nSPS) is 10.7. The summed E-state index contributed by atoms with van der Waals surface area (Å²) >= 11 is 6.02. The molecule has 0 aliphatic rings. The summed E-state index contributed by atoms with van der Waals surface area (Å²) in [4.78, 5) is 9.77. The van der Waals surface area contributed by atoms with Crippen LogP contribution < -0.4 is 0 Å². The molecule has 1 aromatic heterocycles. The molecule has 0 fully saturated rings. The quantitative estimate of drug-likeness (QED) is 0.297. The highest BCUT2D eigenvalue weighted by atomic mass is 35.5. The lowest BCUT2D eigenvalue weighted by Crippen LogP contribution is -1.95. The van der Waals surface area contributed by atoms with Crippen LogP contribution in [-0.4, -0.2) is 9.97 Å². The zero-order chi connectivity index (χ0) is 21.0. The standard InChI is InChI=1S/C28H19ClN2/c29-25-17-15-21(16-18-25)20-11-13-24(14-12-20)28-30-26(22-7-3-1-4-8-22)19-27(31-28)23-9-5-2-6-10-23/h1-19H.